The fourth-order valence-corrected chi connectivity index (χ4v) is 8.96. The maximum atomic E-state index is 13.0. The summed E-state index contributed by atoms with van der Waals surface area (Å²) in [5.74, 6) is -0.192. The van der Waals surface area contributed by atoms with Crippen LogP contribution >= 0.6 is 0 Å². The molecule has 9 nitrogen and oxygen atoms in total. The Labute approximate surface area is 412 Å². The number of ether oxygens (including phenoxy) is 2. The van der Waals surface area contributed by atoms with Gasteiger partial charge in [0.25, 0.3) is 0 Å². The third-order valence-corrected chi connectivity index (χ3v) is 13.4. The molecule has 1 aliphatic rings. The van der Waals surface area contributed by atoms with E-state index in [-0.39, 0.29) is 12.5 Å². The topological polar surface area (TPSA) is 149 Å². The Bertz CT molecular complexity index is 1190. The highest BCUT2D eigenvalue weighted by Gasteiger charge is 2.44. The van der Waals surface area contributed by atoms with Crippen LogP contribution in [0.25, 0.3) is 0 Å². The van der Waals surface area contributed by atoms with Crippen molar-refractivity contribution in [2.75, 3.05) is 13.2 Å². The molecule has 7 unspecified atom stereocenters. The predicted octanol–water partition coefficient (Wildman–Crippen LogP) is 13.7. The van der Waals surface area contributed by atoms with Crippen molar-refractivity contribution in [1.29, 1.82) is 0 Å². The number of carbonyl (C=O) groups excluding carboxylic acids is 1. The van der Waals surface area contributed by atoms with Crippen LogP contribution < -0.4 is 5.32 Å². The Morgan fingerprint density at radius 1 is 0.522 bits per heavy atom. The molecule has 67 heavy (non-hydrogen) atoms. The second-order valence-electron chi connectivity index (χ2n) is 19.7. The number of aliphatic hydroxyl groups is 5. The van der Waals surface area contributed by atoms with E-state index in [4.69, 9.17) is 9.47 Å². The average Bonchev–Trinajstić information content (AvgIpc) is 3.33. The molecular formula is C58H107NO8. The first-order valence-corrected chi connectivity index (χ1v) is 28.3. The summed E-state index contributed by atoms with van der Waals surface area (Å²) in [6, 6.07) is -0.825. The van der Waals surface area contributed by atoms with Crippen molar-refractivity contribution >= 4 is 5.91 Å². The molecule has 1 rings (SSSR count). The fraction of sp³-hybridized carbons (Fsp3) is 0.845. The predicted molar refractivity (Wildman–Crippen MR) is 281 cm³/mol. The Balaban J connectivity index is 2.04. The van der Waals surface area contributed by atoms with Crippen molar-refractivity contribution in [2.45, 2.75) is 301 Å². The lowest BCUT2D eigenvalue weighted by molar-refractivity contribution is -0.302. The van der Waals surface area contributed by atoms with Crippen LogP contribution in [0.15, 0.2) is 48.6 Å². The van der Waals surface area contributed by atoms with Crippen LogP contribution in [-0.2, 0) is 14.3 Å². The zero-order valence-electron chi connectivity index (χ0n) is 43.4. The van der Waals surface area contributed by atoms with E-state index in [2.05, 4.69) is 42.6 Å². The van der Waals surface area contributed by atoms with E-state index >= 15 is 0 Å². The molecule has 0 bridgehead atoms. The third-order valence-electron chi connectivity index (χ3n) is 13.4. The molecule has 0 saturated carbocycles. The van der Waals surface area contributed by atoms with Crippen LogP contribution in [-0.4, -0.2) is 87.5 Å². The van der Waals surface area contributed by atoms with Crippen molar-refractivity contribution in [2.24, 2.45) is 0 Å². The standard InChI is InChI=1S/C58H107NO8/c1-3-5-7-9-11-13-14-15-16-17-18-19-20-21-22-23-24-25-26-27-28-29-30-31-32-33-34-35-36-37-38-40-42-44-46-48-54(62)59-51(52(61)47-45-43-41-39-12-10-8-6-4-2)50-66-58-57(65)56(64)55(63)53(49-60)67-58/h4,6,12,23-24,39,45,47,51-53,55-58,60-61,63-65H,3,5,7-11,13-22,25-38,40-44,46,48-50H2,1-2H3,(H,59,62)/b6-4+,24-23-,39-12+,47-45+. The van der Waals surface area contributed by atoms with Crippen LogP contribution in [0.1, 0.15) is 258 Å². The van der Waals surface area contributed by atoms with E-state index in [1.54, 1.807) is 6.08 Å². The van der Waals surface area contributed by atoms with Crippen LogP contribution in [0.4, 0.5) is 0 Å². The van der Waals surface area contributed by atoms with Gasteiger partial charge in [0.15, 0.2) is 6.29 Å². The normalized spacial score (nSPS) is 20.0. The minimum atomic E-state index is -1.57. The van der Waals surface area contributed by atoms with Crippen molar-refractivity contribution in [3.8, 4) is 0 Å². The Kier molecular flexibility index (Phi) is 45.1. The van der Waals surface area contributed by atoms with Crippen LogP contribution in [0.2, 0.25) is 0 Å². The highest BCUT2D eigenvalue weighted by molar-refractivity contribution is 5.76. The number of amides is 1. The molecule has 0 aromatic rings. The Morgan fingerprint density at radius 3 is 1.34 bits per heavy atom. The summed E-state index contributed by atoms with van der Waals surface area (Å²) >= 11 is 0. The number of nitrogens with one attached hydrogen (secondary N) is 1. The smallest absolute Gasteiger partial charge is 0.220 e. The van der Waals surface area contributed by atoms with Gasteiger partial charge in [-0.05, 0) is 64.7 Å². The van der Waals surface area contributed by atoms with E-state index in [0.29, 0.717) is 6.42 Å². The molecule has 1 amide bonds. The van der Waals surface area contributed by atoms with Crippen molar-refractivity contribution < 1.29 is 39.8 Å². The first kappa shape index (κ1) is 63.2. The lowest BCUT2D eigenvalue weighted by Crippen LogP contribution is -2.60. The first-order valence-electron chi connectivity index (χ1n) is 28.3. The van der Waals surface area contributed by atoms with Gasteiger partial charge in [-0.3, -0.25) is 4.79 Å². The molecule has 0 aliphatic carbocycles. The number of allylic oxidation sites excluding steroid dienone is 7. The molecule has 1 aliphatic heterocycles. The molecule has 6 N–H and O–H groups in total. The number of unbranched alkanes of at least 4 members (excludes halogenated alkanes) is 33. The zero-order chi connectivity index (χ0) is 48.7. The molecule has 392 valence electrons. The van der Waals surface area contributed by atoms with Gasteiger partial charge in [-0.15, -0.1) is 0 Å². The molecule has 0 radical (unpaired) electrons. The van der Waals surface area contributed by atoms with E-state index in [9.17, 15) is 30.3 Å². The van der Waals surface area contributed by atoms with Gasteiger partial charge in [-0.25, -0.2) is 0 Å². The zero-order valence-corrected chi connectivity index (χ0v) is 43.4. The van der Waals surface area contributed by atoms with Gasteiger partial charge in [0.1, 0.15) is 24.4 Å². The van der Waals surface area contributed by atoms with Gasteiger partial charge >= 0.3 is 0 Å². The summed E-state index contributed by atoms with van der Waals surface area (Å²) in [6.45, 7) is 3.53. The SMILES string of the molecule is C/C=C/CC/C=C/CC/C=C/C(O)C(COC1OC(CO)C(O)C(O)C1O)NC(=O)CCCCCCCCCCCCCCCCCCC/C=C\CCCCCCCCCCCCCCCC. The summed E-state index contributed by atoms with van der Waals surface area (Å²) in [5.41, 5.74) is 0. The summed E-state index contributed by atoms with van der Waals surface area (Å²) < 4.78 is 11.2. The van der Waals surface area contributed by atoms with Crippen LogP contribution in [0, 0.1) is 0 Å². The van der Waals surface area contributed by atoms with Crippen molar-refractivity contribution in [3.63, 3.8) is 0 Å². The molecule has 0 aromatic carbocycles. The van der Waals surface area contributed by atoms with Crippen molar-refractivity contribution in [3.05, 3.63) is 48.6 Å². The van der Waals surface area contributed by atoms with Gasteiger partial charge in [-0.1, -0.05) is 235 Å². The van der Waals surface area contributed by atoms with Gasteiger partial charge in [0.2, 0.25) is 5.91 Å². The number of hydrogen-bond acceptors (Lipinski definition) is 8. The molecule has 1 heterocycles. The highest BCUT2D eigenvalue weighted by Crippen LogP contribution is 2.23. The quantitative estimate of drug-likeness (QED) is 0.0261. The minimum absolute atomic E-state index is 0.192. The number of aliphatic hydroxyl groups excluding tert-OH is 5. The maximum absolute atomic E-state index is 13.0. The van der Waals surface area contributed by atoms with Crippen LogP contribution in [0.5, 0.6) is 0 Å². The van der Waals surface area contributed by atoms with Crippen LogP contribution in [0.3, 0.4) is 0 Å². The second kappa shape index (κ2) is 47.8. The number of hydrogen-bond donors (Lipinski definition) is 6. The molecule has 0 aromatic heterocycles. The lowest BCUT2D eigenvalue weighted by Gasteiger charge is -2.40. The first-order chi connectivity index (χ1) is 32.8. The monoisotopic (exact) mass is 946 g/mol. The van der Waals surface area contributed by atoms with E-state index in [0.717, 1.165) is 44.9 Å². The molecular weight excluding hydrogens is 839 g/mol. The molecule has 1 saturated heterocycles. The van der Waals surface area contributed by atoms with Gasteiger partial charge in [0, 0.05) is 6.42 Å². The number of carbonyl (C=O) groups is 1. The largest absolute Gasteiger partial charge is 0.394 e. The van der Waals surface area contributed by atoms with Crippen molar-refractivity contribution in [1.82, 2.24) is 5.32 Å². The van der Waals surface area contributed by atoms with E-state index < -0.39 is 49.5 Å². The average molecular weight is 946 g/mol. The Morgan fingerprint density at radius 2 is 0.910 bits per heavy atom. The summed E-state index contributed by atoms with van der Waals surface area (Å²) in [5, 5.41) is 54.1. The molecule has 0 spiro atoms. The third kappa shape index (κ3) is 37.6. The maximum Gasteiger partial charge on any atom is 0.220 e. The minimum Gasteiger partial charge on any atom is -0.394 e. The highest BCUT2D eigenvalue weighted by atomic mass is 16.7. The van der Waals surface area contributed by atoms with Gasteiger partial charge in [0.05, 0.1) is 25.4 Å². The fourth-order valence-electron chi connectivity index (χ4n) is 8.96. The van der Waals surface area contributed by atoms with Gasteiger partial charge < -0.3 is 40.3 Å². The summed E-state index contributed by atoms with van der Waals surface area (Å²) in [7, 11) is 0. The summed E-state index contributed by atoms with van der Waals surface area (Å²) in [4.78, 5) is 13.0. The van der Waals surface area contributed by atoms with E-state index in [1.165, 1.54) is 193 Å². The lowest BCUT2D eigenvalue weighted by atomic mass is 9.99. The molecule has 9 heteroatoms. The van der Waals surface area contributed by atoms with E-state index in [1.807, 2.05) is 19.1 Å². The Hall–Kier alpha value is -1.85. The summed E-state index contributed by atoms with van der Waals surface area (Å²) in [6.07, 6.45) is 56.7. The van der Waals surface area contributed by atoms with Gasteiger partial charge in [-0.2, -0.15) is 0 Å². The second-order valence-corrected chi connectivity index (χ2v) is 19.7. The number of rotatable bonds is 48. The molecule has 7 atom stereocenters. The molecule has 1 fully saturated rings.